The van der Waals surface area contributed by atoms with Crippen LogP contribution >= 0.6 is 50.5 Å². The van der Waals surface area contributed by atoms with Crippen molar-refractivity contribution < 1.29 is 4.79 Å². The zero-order chi connectivity index (χ0) is 25.5. The van der Waals surface area contributed by atoms with Crippen LogP contribution in [-0.2, 0) is 5.41 Å². The lowest BCUT2D eigenvalue weighted by molar-refractivity contribution is 0.0944. The number of nitrogens with one attached hydrogen (secondary N) is 1. The van der Waals surface area contributed by atoms with Crippen LogP contribution in [0.15, 0.2) is 46.9 Å². The molecule has 2 aromatic carbocycles. The lowest BCUT2D eigenvalue weighted by Crippen LogP contribution is -2.30. The van der Waals surface area contributed by atoms with Crippen LogP contribution in [0.5, 0.6) is 0 Å². The van der Waals surface area contributed by atoms with Crippen molar-refractivity contribution in [2.24, 2.45) is 0 Å². The number of rotatable bonds is 5. The SMILES string of the molecule is CC(C)NC(=O)c1c(-c2nnc(C(C)(C)C)s2)nn(-c2ccc(Cl)cc2Cl)c1-c1ccc(Br)cc1. The van der Waals surface area contributed by atoms with Gasteiger partial charge >= 0.3 is 0 Å². The summed E-state index contributed by atoms with van der Waals surface area (Å²) in [4.78, 5) is 13.6. The maximum Gasteiger partial charge on any atom is 0.256 e. The van der Waals surface area contributed by atoms with E-state index in [0.29, 0.717) is 37.7 Å². The topological polar surface area (TPSA) is 72.7 Å². The molecule has 0 saturated heterocycles. The number of nitrogens with zero attached hydrogens (tertiary/aromatic N) is 4. The molecule has 0 fully saturated rings. The van der Waals surface area contributed by atoms with E-state index in [1.807, 2.05) is 38.1 Å². The van der Waals surface area contributed by atoms with E-state index in [1.54, 1.807) is 22.9 Å². The number of hydrogen-bond donors (Lipinski definition) is 1. The molecule has 182 valence electrons. The van der Waals surface area contributed by atoms with E-state index >= 15 is 0 Å². The van der Waals surface area contributed by atoms with Gasteiger partial charge < -0.3 is 5.32 Å². The highest BCUT2D eigenvalue weighted by Gasteiger charge is 2.30. The van der Waals surface area contributed by atoms with Crippen molar-refractivity contribution in [3.8, 4) is 27.6 Å². The van der Waals surface area contributed by atoms with Gasteiger partial charge in [-0.25, -0.2) is 4.68 Å². The quantitative estimate of drug-likeness (QED) is 0.259. The van der Waals surface area contributed by atoms with E-state index in [1.165, 1.54) is 11.3 Å². The second-order valence-electron chi connectivity index (χ2n) is 9.38. The summed E-state index contributed by atoms with van der Waals surface area (Å²) in [7, 11) is 0. The predicted molar refractivity (Wildman–Crippen MR) is 147 cm³/mol. The molecule has 4 aromatic rings. The Bertz CT molecular complexity index is 1390. The molecule has 0 bridgehead atoms. The minimum Gasteiger partial charge on any atom is -0.350 e. The molecular formula is C25H24BrCl2N5OS. The van der Waals surface area contributed by atoms with Crippen molar-refractivity contribution in [2.75, 3.05) is 0 Å². The predicted octanol–water partition coefficient (Wildman–Crippen LogP) is 7.56. The molecule has 0 aliphatic heterocycles. The Morgan fingerprint density at radius 3 is 2.34 bits per heavy atom. The van der Waals surface area contributed by atoms with E-state index in [9.17, 15) is 4.79 Å². The van der Waals surface area contributed by atoms with Gasteiger partial charge in [0.05, 0.1) is 22.0 Å². The van der Waals surface area contributed by atoms with Gasteiger partial charge in [-0.05, 0) is 44.2 Å². The molecule has 0 saturated carbocycles. The number of benzene rings is 2. The van der Waals surface area contributed by atoms with E-state index in [4.69, 9.17) is 28.3 Å². The van der Waals surface area contributed by atoms with Crippen LogP contribution in [0.4, 0.5) is 0 Å². The molecule has 0 spiro atoms. The molecule has 35 heavy (non-hydrogen) atoms. The van der Waals surface area contributed by atoms with E-state index in [0.717, 1.165) is 15.0 Å². The molecule has 10 heteroatoms. The standard InChI is InChI=1S/C25H24BrCl2N5OS/c1-13(2)29-22(34)19-20(23-30-31-24(35-23)25(3,4)5)32-33(18-11-10-16(27)12-17(18)28)21(19)14-6-8-15(26)9-7-14/h6-13H,1-5H3,(H,29,34). The summed E-state index contributed by atoms with van der Waals surface area (Å²) in [5, 5.41) is 19.0. The van der Waals surface area contributed by atoms with Crippen LogP contribution < -0.4 is 5.32 Å². The largest absolute Gasteiger partial charge is 0.350 e. The molecular weight excluding hydrogens is 569 g/mol. The molecule has 0 radical (unpaired) electrons. The molecule has 0 aliphatic rings. The van der Waals surface area contributed by atoms with Crippen LogP contribution in [0.1, 0.15) is 50.0 Å². The van der Waals surface area contributed by atoms with Crippen LogP contribution in [0.25, 0.3) is 27.6 Å². The van der Waals surface area contributed by atoms with Crippen LogP contribution in [0, 0.1) is 0 Å². The lowest BCUT2D eigenvalue weighted by Gasteiger charge is -2.13. The van der Waals surface area contributed by atoms with Crippen LogP contribution in [0.3, 0.4) is 0 Å². The monoisotopic (exact) mass is 591 g/mol. The fourth-order valence-electron chi connectivity index (χ4n) is 3.44. The van der Waals surface area contributed by atoms with E-state index in [2.05, 4.69) is 52.2 Å². The van der Waals surface area contributed by atoms with Crippen molar-refractivity contribution in [1.82, 2.24) is 25.3 Å². The Labute approximate surface area is 226 Å². The van der Waals surface area contributed by atoms with Gasteiger partial charge in [-0.15, -0.1) is 10.2 Å². The van der Waals surface area contributed by atoms with Gasteiger partial charge in [-0.1, -0.05) is 83.4 Å². The molecule has 4 rings (SSSR count). The first kappa shape index (κ1) is 25.8. The summed E-state index contributed by atoms with van der Waals surface area (Å²) >= 11 is 17.7. The second-order valence-corrected chi connectivity index (χ2v) is 12.1. The summed E-state index contributed by atoms with van der Waals surface area (Å²) in [6, 6.07) is 12.8. The third-order valence-electron chi connectivity index (χ3n) is 5.06. The van der Waals surface area contributed by atoms with Crippen molar-refractivity contribution >= 4 is 56.4 Å². The Balaban J connectivity index is 2.06. The maximum absolute atomic E-state index is 13.6. The smallest absolute Gasteiger partial charge is 0.256 e. The Morgan fingerprint density at radius 2 is 1.77 bits per heavy atom. The van der Waals surface area contributed by atoms with Gasteiger partial charge in [0.25, 0.3) is 5.91 Å². The number of hydrogen-bond acceptors (Lipinski definition) is 5. The molecule has 2 aromatic heterocycles. The molecule has 2 heterocycles. The van der Waals surface area contributed by atoms with E-state index in [-0.39, 0.29) is 17.4 Å². The van der Waals surface area contributed by atoms with Crippen molar-refractivity contribution in [3.63, 3.8) is 0 Å². The number of aromatic nitrogens is 4. The second kappa shape index (κ2) is 10.0. The zero-order valence-corrected chi connectivity index (χ0v) is 23.8. The third kappa shape index (κ3) is 5.45. The van der Waals surface area contributed by atoms with Gasteiger partial charge in [-0.2, -0.15) is 5.10 Å². The molecule has 1 amide bonds. The van der Waals surface area contributed by atoms with Crippen LogP contribution in [-0.4, -0.2) is 31.9 Å². The minimum absolute atomic E-state index is 0.0739. The van der Waals surface area contributed by atoms with Gasteiger partial charge in [-0.3, -0.25) is 4.79 Å². The van der Waals surface area contributed by atoms with Gasteiger partial charge in [0.1, 0.15) is 10.7 Å². The summed E-state index contributed by atoms with van der Waals surface area (Å²) in [6.45, 7) is 10.1. The molecule has 0 atom stereocenters. The molecule has 0 unspecified atom stereocenters. The first-order chi connectivity index (χ1) is 16.5. The van der Waals surface area contributed by atoms with Gasteiger partial charge in [0, 0.05) is 26.5 Å². The number of amides is 1. The minimum atomic E-state index is -0.253. The molecule has 0 aliphatic carbocycles. The fourth-order valence-corrected chi connectivity index (χ4v) is 5.09. The first-order valence-corrected chi connectivity index (χ1v) is 13.3. The molecule has 6 nitrogen and oxygen atoms in total. The van der Waals surface area contributed by atoms with Gasteiger partial charge in [0.2, 0.25) is 0 Å². The highest BCUT2D eigenvalue weighted by Crippen LogP contribution is 2.39. The number of carbonyl (C=O) groups is 1. The summed E-state index contributed by atoms with van der Waals surface area (Å²) in [5.74, 6) is -0.253. The normalized spacial score (nSPS) is 11.8. The molecule has 1 N–H and O–H groups in total. The Morgan fingerprint density at radius 1 is 1.09 bits per heavy atom. The third-order valence-corrected chi connectivity index (χ3v) is 7.48. The average Bonchev–Trinajstić information content (AvgIpc) is 3.39. The van der Waals surface area contributed by atoms with Crippen molar-refractivity contribution in [1.29, 1.82) is 0 Å². The highest BCUT2D eigenvalue weighted by molar-refractivity contribution is 9.10. The maximum atomic E-state index is 13.6. The summed E-state index contributed by atoms with van der Waals surface area (Å²) in [5.41, 5.74) is 2.66. The van der Waals surface area contributed by atoms with E-state index < -0.39 is 0 Å². The number of halogens is 3. The Kier molecular flexibility index (Phi) is 7.38. The zero-order valence-electron chi connectivity index (χ0n) is 19.9. The first-order valence-electron chi connectivity index (χ1n) is 11.0. The van der Waals surface area contributed by atoms with Crippen LogP contribution in [0.2, 0.25) is 10.0 Å². The lowest BCUT2D eigenvalue weighted by atomic mass is 9.98. The van der Waals surface area contributed by atoms with Crippen molar-refractivity contribution in [2.45, 2.75) is 46.1 Å². The van der Waals surface area contributed by atoms with Crippen molar-refractivity contribution in [3.05, 3.63) is 67.6 Å². The highest BCUT2D eigenvalue weighted by atomic mass is 79.9. The Hall–Kier alpha value is -2.26. The average molecular weight is 593 g/mol. The summed E-state index contributed by atoms with van der Waals surface area (Å²) in [6.07, 6.45) is 0. The summed E-state index contributed by atoms with van der Waals surface area (Å²) < 4.78 is 2.61. The number of carbonyl (C=O) groups excluding carboxylic acids is 1. The fraction of sp³-hybridized carbons (Fsp3) is 0.280. The van der Waals surface area contributed by atoms with Gasteiger partial charge in [0.15, 0.2) is 5.01 Å².